The summed E-state index contributed by atoms with van der Waals surface area (Å²) in [5, 5.41) is 10.9. The van der Waals surface area contributed by atoms with Crippen molar-refractivity contribution in [2.45, 2.75) is 24.9 Å². The minimum Gasteiger partial charge on any atom is -0.481 e. The standard InChI is InChI=1S/C19H20ClNO2.C18H18ClNO2/c1-23-19(22)18-13-21(11-14-5-3-2-4-6-14)12-17(18)15-7-9-16(20)10-8-15;19-15-8-6-14(7-9-15)16-11-20(12-17(16)18(21)22)10-13-4-2-1-3-5-13/h2-10,17-18H,11-13H2,1H3;1-9,16-17H,10-12H2,(H,21,22)/t17-,18-;16-,17-/m11/s1. The van der Waals surface area contributed by atoms with Gasteiger partial charge in [0.05, 0.1) is 18.9 Å². The van der Waals surface area contributed by atoms with Gasteiger partial charge in [0.15, 0.2) is 0 Å². The highest BCUT2D eigenvalue weighted by Crippen LogP contribution is 2.36. The fourth-order valence-electron chi connectivity index (χ4n) is 6.45. The van der Waals surface area contributed by atoms with Gasteiger partial charge >= 0.3 is 11.9 Å². The molecule has 0 unspecified atom stereocenters. The third-order valence-electron chi connectivity index (χ3n) is 8.71. The second kappa shape index (κ2) is 15.5. The first kappa shape index (κ1) is 32.7. The van der Waals surface area contributed by atoms with Gasteiger partial charge in [-0.25, -0.2) is 0 Å². The number of halogens is 2. The number of esters is 1. The number of nitrogens with zero attached hydrogens (tertiary/aromatic N) is 2. The molecule has 0 amide bonds. The summed E-state index contributed by atoms with van der Waals surface area (Å²) in [6.45, 7) is 4.53. The highest BCUT2D eigenvalue weighted by Gasteiger charge is 2.39. The summed E-state index contributed by atoms with van der Waals surface area (Å²) in [6.07, 6.45) is 0. The van der Waals surface area contributed by atoms with Crippen molar-refractivity contribution in [3.8, 4) is 0 Å². The average molecular weight is 646 g/mol. The van der Waals surface area contributed by atoms with E-state index in [2.05, 4.69) is 34.1 Å². The molecule has 6 rings (SSSR count). The van der Waals surface area contributed by atoms with Crippen LogP contribution in [0.25, 0.3) is 0 Å². The van der Waals surface area contributed by atoms with Gasteiger partial charge in [-0.3, -0.25) is 19.4 Å². The number of benzene rings is 4. The molecular formula is C37H38Cl2N2O4. The number of methoxy groups -OCH3 is 1. The van der Waals surface area contributed by atoms with Crippen LogP contribution in [0.4, 0.5) is 0 Å². The molecule has 1 N–H and O–H groups in total. The molecule has 8 heteroatoms. The number of likely N-dealkylation sites (tertiary alicyclic amines) is 2. The van der Waals surface area contributed by atoms with Gasteiger partial charge in [-0.2, -0.15) is 0 Å². The van der Waals surface area contributed by atoms with Gasteiger partial charge in [-0.05, 0) is 46.5 Å². The van der Waals surface area contributed by atoms with Gasteiger partial charge in [0.1, 0.15) is 0 Å². The lowest BCUT2D eigenvalue weighted by Gasteiger charge is -2.17. The van der Waals surface area contributed by atoms with Crippen LogP contribution in [0.3, 0.4) is 0 Å². The van der Waals surface area contributed by atoms with Gasteiger partial charge in [-0.15, -0.1) is 0 Å². The summed E-state index contributed by atoms with van der Waals surface area (Å²) in [6, 6.07) is 35.8. The van der Waals surface area contributed by atoms with Gasteiger partial charge in [-0.1, -0.05) is 108 Å². The molecule has 0 saturated carbocycles. The molecule has 2 aliphatic heterocycles. The zero-order chi connectivity index (χ0) is 31.8. The predicted octanol–water partition coefficient (Wildman–Crippen LogP) is 7.37. The third-order valence-corrected chi connectivity index (χ3v) is 9.21. The number of hydrogen-bond donors (Lipinski definition) is 1. The molecule has 0 bridgehead atoms. The van der Waals surface area contributed by atoms with Crippen LogP contribution in [0.1, 0.15) is 34.1 Å². The first-order valence-corrected chi connectivity index (χ1v) is 15.9. The van der Waals surface area contributed by atoms with E-state index in [1.807, 2.05) is 84.9 Å². The molecule has 4 aromatic carbocycles. The highest BCUT2D eigenvalue weighted by atomic mass is 35.5. The van der Waals surface area contributed by atoms with E-state index in [-0.39, 0.29) is 29.6 Å². The molecular weight excluding hydrogens is 607 g/mol. The van der Waals surface area contributed by atoms with Crippen molar-refractivity contribution in [3.63, 3.8) is 0 Å². The second-order valence-electron chi connectivity index (χ2n) is 11.7. The Morgan fingerprint density at radius 2 is 1.04 bits per heavy atom. The number of carbonyl (C=O) groups is 2. The fraction of sp³-hybridized carbons (Fsp3) is 0.297. The smallest absolute Gasteiger partial charge is 0.310 e. The summed E-state index contributed by atoms with van der Waals surface area (Å²) >= 11 is 11.9. The molecule has 6 nitrogen and oxygen atoms in total. The Balaban J connectivity index is 0.000000178. The first-order chi connectivity index (χ1) is 21.8. The first-order valence-electron chi connectivity index (χ1n) is 15.1. The maximum Gasteiger partial charge on any atom is 0.310 e. The number of carbonyl (C=O) groups excluding carboxylic acids is 1. The van der Waals surface area contributed by atoms with Crippen LogP contribution in [0.2, 0.25) is 10.0 Å². The molecule has 2 fully saturated rings. The molecule has 234 valence electrons. The summed E-state index contributed by atoms with van der Waals surface area (Å²) in [4.78, 5) is 28.3. The number of carboxylic acids is 1. The van der Waals surface area contributed by atoms with E-state index < -0.39 is 5.97 Å². The van der Waals surface area contributed by atoms with E-state index in [0.717, 1.165) is 43.9 Å². The van der Waals surface area contributed by atoms with Gasteiger partial charge < -0.3 is 9.84 Å². The summed E-state index contributed by atoms with van der Waals surface area (Å²) in [5.41, 5.74) is 4.66. The van der Waals surface area contributed by atoms with Crippen LogP contribution in [-0.4, -0.2) is 60.1 Å². The lowest BCUT2D eigenvalue weighted by atomic mass is 9.89. The molecule has 2 aliphatic rings. The molecule has 4 atom stereocenters. The second-order valence-corrected chi connectivity index (χ2v) is 12.6. The highest BCUT2D eigenvalue weighted by molar-refractivity contribution is 6.30. The lowest BCUT2D eigenvalue weighted by molar-refractivity contribution is -0.145. The zero-order valence-electron chi connectivity index (χ0n) is 25.3. The van der Waals surface area contributed by atoms with Crippen LogP contribution >= 0.6 is 23.2 Å². The van der Waals surface area contributed by atoms with Crippen molar-refractivity contribution in [1.29, 1.82) is 0 Å². The number of aliphatic carboxylic acids is 1. The topological polar surface area (TPSA) is 70.1 Å². The molecule has 4 aromatic rings. The van der Waals surface area contributed by atoms with Gasteiger partial charge in [0, 0.05) is 61.1 Å². The van der Waals surface area contributed by atoms with Crippen molar-refractivity contribution < 1.29 is 19.4 Å². The van der Waals surface area contributed by atoms with Crippen molar-refractivity contribution >= 4 is 35.1 Å². The molecule has 2 heterocycles. The van der Waals surface area contributed by atoms with E-state index in [9.17, 15) is 14.7 Å². The summed E-state index contributed by atoms with van der Waals surface area (Å²) in [5.74, 6) is -1.22. The Hall–Kier alpha value is -3.68. The lowest BCUT2D eigenvalue weighted by Crippen LogP contribution is -2.24. The Kier molecular flexibility index (Phi) is 11.3. The molecule has 0 aromatic heterocycles. The number of rotatable bonds is 8. The SMILES string of the molecule is COC(=O)[C@@H]1CN(Cc2ccccc2)C[C@@H]1c1ccc(Cl)cc1.O=C(O)[C@@H]1CN(Cc2ccccc2)C[C@@H]1c1ccc(Cl)cc1. The largest absolute Gasteiger partial charge is 0.481 e. The molecule has 2 saturated heterocycles. The Bertz CT molecular complexity index is 1530. The van der Waals surface area contributed by atoms with Crippen molar-refractivity contribution in [3.05, 3.63) is 141 Å². The fourth-order valence-corrected chi connectivity index (χ4v) is 6.70. The van der Waals surface area contributed by atoms with Crippen molar-refractivity contribution in [2.75, 3.05) is 33.3 Å². The normalized spacial score (nSPS) is 21.6. The zero-order valence-corrected chi connectivity index (χ0v) is 26.8. The number of carboxylic acid groups (broad SMARTS) is 1. The number of hydrogen-bond acceptors (Lipinski definition) is 5. The predicted molar refractivity (Wildman–Crippen MR) is 178 cm³/mol. The molecule has 0 aliphatic carbocycles. The average Bonchev–Trinajstić information content (AvgIpc) is 3.68. The van der Waals surface area contributed by atoms with Crippen LogP contribution in [0.15, 0.2) is 109 Å². The minimum atomic E-state index is -0.726. The summed E-state index contributed by atoms with van der Waals surface area (Å²) < 4.78 is 5.02. The Morgan fingerprint density at radius 1 is 0.644 bits per heavy atom. The molecule has 45 heavy (non-hydrogen) atoms. The van der Waals surface area contributed by atoms with Crippen molar-refractivity contribution in [2.24, 2.45) is 11.8 Å². The van der Waals surface area contributed by atoms with E-state index in [0.29, 0.717) is 16.6 Å². The minimum absolute atomic E-state index is 0.0125. The Morgan fingerprint density at radius 3 is 1.44 bits per heavy atom. The van der Waals surface area contributed by atoms with E-state index in [1.54, 1.807) is 0 Å². The monoisotopic (exact) mass is 644 g/mol. The third kappa shape index (κ3) is 8.74. The number of ether oxygens (including phenoxy) is 1. The van der Waals surface area contributed by atoms with Crippen LogP contribution in [-0.2, 0) is 27.4 Å². The van der Waals surface area contributed by atoms with E-state index in [4.69, 9.17) is 27.9 Å². The summed E-state index contributed by atoms with van der Waals surface area (Å²) in [7, 11) is 1.46. The quantitative estimate of drug-likeness (QED) is 0.202. The molecule has 0 spiro atoms. The molecule has 0 radical (unpaired) electrons. The maximum atomic E-state index is 12.2. The van der Waals surface area contributed by atoms with E-state index >= 15 is 0 Å². The van der Waals surface area contributed by atoms with Crippen molar-refractivity contribution in [1.82, 2.24) is 9.80 Å². The van der Waals surface area contributed by atoms with E-state index in [1.165, 1.54) is 18.2 Å². The maximum absolute atomic E-state index is 12.2. The Labute approximate surface area is 275 Å². The van der Waals surface area contributed by atoms with Crippen LogP contribution in [0, 0.1) is 11.8 Å². The van der Waals surface area contributed by atoms with Crippen LogP contribution in [0.5, 0.6) is 0 Å². The van der Waals surface area contributed by atoms with Gasteiger partial charge in [0.25, 0.3) is 0 Å². The van der Waals surface area contributed by atoms with Gasteiger partial charge in [0.2, 0.25) is 0 Å². The van der Waals surface area contributed by atoms with Crippen LogP contribution < -0.4 is 0 Å².